The highest BCUT2D eigenvalue weighted by Gasteiger charge is 2.27. The quantitative estimate of drug-likeness (QED) is 0.629. The topological polar surface area (TPSA) is 71.0 Å². The summed E-state index contributed by atoms with van der Waals surface area (Å²) in [5, 5.41) is 8.25. The lowest BCUT2D eigenvalue weighted by atomic mass is 10.0. The maximum atomic E-state index is 12.4. The number of anilines is 1. The molecule has 1 aliphatic carbocycles. The normalized spacial score (nSPS) is 18.1. The van der Waals surface area contributed by atoms with Crippen molar-refractivity contribution in [3.05, 3.63) is 35.3 Å². The SMILES string of the molecule is O=C(NC1CCN(c2ncc(-c3cccs3)c(-c3nccs3)n2)CC1)C1CCCC1. The molecule has 1 amide bonds. The van der Waals surface area contributed by atoms with E-state index in [1.54, 1.807) is 22.7 Å². The first-order chi connectivity index (χ1) is 14.8. The summed E-state index contributed by atoms with van der Waals surface area (Å²) in [5.41, 5.74) is 1.93. The molecule has 6 nitrogen and oxygen atoms in total. The van der Waals surface area contributed by atoms with E-state index in [4.69, 9.17) is 4.98 Å². The molecule has 30 heavy (non-hydrogen) atoms. The Bertz CT molecular complexity index is 975. The fraction of sp³-hybridized carbons (Fsp3) is 0.455. The Morgan fingerprint density at radius 2 is 1.90 bits per heavy atom. The van der Waals surface area contributed by atoms with Crippen molar-refractivity contribution in [1.82, 2.24) is 20.3 Å². The van der Waals surface area contributed by atoms with Crippen molar-refractivity contribution in [2.24, 2.45) is 5.92 Å². The van der Waals surface area contributed by atoms with Gasteiger partial charge in [0, 0.05) is 53.3 Å². The van der Waals surface area contributed by atoms with E-state index < -0.39 is 0 Å². The highest BCUT2D eigenvalue weighted by molar-refractivity contribution is 7.14. The van der Waals surface area contributed by atoms with Crippen molar-refractivity contribution < 1.29 is 4.79 Å². The Morgan fingerprint density at radius 3 is 2.60 bits per heavy atom. The van der Waals surface area contributed by atoms with E-state index in [2.05, 4.69) is 31.6 Å². The molecule has 0 radical (unpaired) electrons. The molecular formula is C22H25N5OS2. The second-order valence-electron chi connectivity index (χ2n) is 8.00. The third-order valence-electron chi connectivity index (χ3n) is 6.05. The second-order valence-corrected chi connectivity index (χ2v) is 9.84. The van der Waals surface area contributed by atoms with E-state index in [9.17, 15) is 4.79 Å². The molecule has 8 heteroatoms. The van der Waals surface area contributed by atoms with E-state index in [0.29, 0.717) is 0 Å². The summed E-state index contributed by atoms with van der Waals surface area (Å²) < 4.78 is 0. The van der Waals surface area contributed by atoms with E-state index in [1.165, 1.54) is 12.8 Å². The Morgan fingerprint density at radius 1 is 1.07 bits per heavy atom. The van der Waals surface area contributed by atoms with E-state index in [0.717, 1.165) is 65.9 Å². The zero-order valence-electron chi connectivity index (χ0n) is 16.8. The van der Waals surface area contributed by atoms with Crippen LogP contribution in [0.3, 0.4) is 0 Å². The number of hydrogen-bond donors (Lipinski definition) is 1. The molecule has 0 atom stereocenters. The molecule has 0 spiro atoms. The van der Waals surface area contributed by atoms with Crippen LogP contribution in [0.1, 0.15) is 38.5 Å². The molecule has 4 heterocycles. The van der Waals surface area contributed by atoms with Crippen molar-refractivity contribution >= 4 is 34.5 Å². The Hall–Kier alpha value is -2.32. The first-order valence-electron chi connectivity index (χ1n) is 10.6. The fourth-order valence-electron chi connectivity index (χ4n) is 4.37. The summed E-state index contributed by atoms with van der Waals surface area (Å²) >= 11 is 3.29. The molecule has 0 unspecified atom stereocenters. The Labute approximate surface area is 184 Å². The third kappa shape index (κ3) is 4.11. The molecule has 0 aromatic carbocycles. The van der Waals surface area contributed by atoms with Crippen molar-refractivity contribution in [2.45, 2.75) is 44.6 Å². The number of amides is 1. The summed E-state index contributed by atoms with van der Waals surface area (Å²) in [6.07, 6.45) is 10.1. The smallest absolute Gasteiger partial charge is 0.225 e. The van der Waals surface area contributed by atoms with Gasteiger partial charge in [-0.25, -0.2) is 15.0 Å². The molecule has 1 N–H and O–H groups in total. The minimum absolute atomic E-state index is 0.233. The van der Waals surface area contributed by atoms with Gasteiger partial charge >= 0.3 is 0 Å². The van der Waals surface area contributed by atoms with Crippen molar-refractivity contribution in [3.8, 4) is 21.1 Å². The van der Waals surface area contributed by atoms with Gasteiger partial charge in [-0.05, 0) is 37.1 Å². The van der Waals surface area contributed by atoms with Crippen LogP contribution in [0.4, 0.5) is 5.95 Å². The number of carbonyl (C=O) groups is 1. The van der Waals surface area contributed by atoms with Crippen LogP contribution in [0.15, 0.2) is 35.3 Å². The summed E-state index contributed by atoms with van der Waals surface area (Å²) in [7, 11) is 0. The van der Waals surface area contributed by atoms with Gasteiger partial charge in [-0.2, -0.15) is 0 Å². The van der Waals surface area contributed by atoms with Crippen molar-refractivity contribution in [1.29, 1.82) is 0 Å². The van der Waals surface area contributed by atoms with Gasteiger partial charge in [0.25, 0.3) is 0 Å². The predicted octanol–water partition coefficient (Wildman–Crippen LogP) is 4.60. The first-order valence-corrected chi connectivity index (χ1v) is 12.4. The predicted molar refractivity (Wildman–Crippen MR) is 122 cm³/mol. The lowest BCUT2D eigenvalue weighted by Gasteiger charge is -2.33. The van der Waals surface area contributed by atoms with Gasteiger partial charge in [-0.15, -0.1) is 22.7 Å². The highest BCUT2D eigenvalue weighted by Crippen LogP contribution is 2.35. The molecule has 3 aromatic rings. The number of piperidine rings is 1. The molecule has 5 rings (SSSR count). The van der Waals surface area contributed by atoms with Crippen LogP contribution in [-0.4, -0.2) is 40.0 Å². The zero-order chi connectivity index (χ0) is 20.3. The monoisotopic (exact) mass is 439 g/mol. The van der Waals surface area contributed by atoms with Crippen LogP contribution in [0, 0.1) is 5.92 Å². The van der Waals surface area contributed by atoms with Crippen LogP contribution in [0.5, 0.6) is 0 Å². The van der Waals surface area contributed by atoms with Gasteiger partial charge < -0.3 is 10.2 Å². The highest BCUT2D eigenvalue weighted by atomic mass is 32.1. The average molecular weight is 440 g/mol. The van der Waals surface area contributed by atoms with Gasteiger partial charge in [0.2, 0.25) is 11.9 Å². The maximum Gasteiger partial charge on any atom is 0.225 e. The second kappa shape index (κ2) is 8.81. The molecule has 2 fully saturated rings. The standard InChI is InChI=1S/C22H25N5OS2/c28-20(15-4-1-2-5-15)25-16-7-10-27(11-8-16)22-24-14-17(18-6-3-12-29-18)19(26-22)21-23-9-13-30-21/h3,6,9,12-16H,1-2,4-5,7-8,10-11H2,(H,25,28). The Balaban J connectivity index is 1.29. The molecule has 0 bridgehead atoms. The summed E-state index contributed by atoms with van der Waals surface area (Å²) in [4.78, 5) is 29.9. The van der Waals surface area contributed by atoms with E-state index >= 15 is 0 Å². The number of carbonyl (C=O) groups excluding carboxylic acids is 1. The van der Waals surface area contributed by atoms with Gasteiger partial charge in [-0.1, -0.05) is 18.9 Å². The molecule has 1 saturated heterocycles. The minimum atomic E-state index is 0.233. The number of rotatable bonds is 5. The first kappa shape index (κ1) is 19.6. The molecule has 2 aliphatic rings. The molecule has 1 aliphatic heterocycles. The summed E-state index contributed by atoms with van der Waals surface area (Å²) in [6.45, 7) is 1.70. The largest absolute Gasteiger partial charge is 0.353 e. The van der Waals surface area contributed by atoms with Crippen LogP contribution in [0.25, 0.3) is 21.1 Å². The molecule has 3 aromatic heterocycles. The average Bonchev–Trinajstić information content (AvgIpc) is 3.57. The molecule has 1 saturated carbocycles. The van der Waals surface area contributed by atoms with Crippen LogP contribution < -0.4 is 10.2 Å². The van der Waals surface area contributed by atoms with Crippen LogP contribution >= 0.6 is 22.7 Å². The minimum Gasteiger partial charge on any atom is -0.353 e. The number of nitrogens with one attached hydrogen (secondary N) is 1. The lowest BCUT2D eigenvalue weighted by Crippen LogP contribution is -2.46. The summed E-state index contributed by atoms with van der Waals surface area (Å²) in [5.74, 6) is 1.24. The van der Waals surface area contributed by atoms with Gasteiger partial charge in [0.05, 0.1) is 0 Å². The van der Waals surface area contributed by atoms with Crippen LogP contribution in [0.2, 0.25) is 0 Å². The van der Waals surface area contributed by atoms with Gasteiger partial charge in [0.15, 0.2) is 0 Å². The Kier molecular flexibility index (Phi) is 5.77. The van der Waals surface area contributed by atoms with Crippen LogP contribution in [-0.2, 0) is 4.79 Å². The number of hydrogen-bond acceptors (Lipinski definition) is 7. The van der Waals surface area contributed by atoms with E-state index in [-0.39, 0.29) is 17.9 Å². The summed E-state index contributed by atoms with van der Waals surface area (Å²) in [6, 6.07) is 4.40. The number of nitrogens with zero attached hydrogens (tertiary/aromatic N) is 4. The maximum absolute atomic E-state index is 12.4. The number of thiophene rings is 1. The number of thiazole rings is 1. The lowest BCUT2D eigenvalue weighted by molar-refractivity contribution is -0.125. The van der Waals surface area contributed by atoms with Crippen molar-refractivity contribution in [3.63, 3.8) is 0 Å². The number of aromatic nitrogens is 3. The molecule has 156 valence electrons. The van der Waals surface area contributed by atoms with E-state index in [1.807, 2.05) is 23.8 Å². The molecular weight excluding hydrogens is 414 g/mol. The van der Waals surface area contributed by atoms with Gasteiger partial charge in [0.1, 0.15) is 10.7 Å². The van der Waals surface area contributed by atoms with Crippen molar-refractivity contribution in [2.75, 3.05) is 18.0 Å². The fourth-order valence-corrected chi connectivity index (χ4v) is 5.75. The third-order valence-corrected chi connectivity index (χ3v) is 7.73. The van der Waals surface area contributed by atoms with Gasteiger partial charge in [-0.3, -0.25) is 4.79 Å². The zero-order valence-corrected chi connectivity index (χ0v) is 18.4.